The van der Waals surface area contributed by atoms with Crippen molar-refractivity contribution in [2.45, 2.75) is 6.61 Å². The van der Waals surface area contributed by atoms with Gasteiger partial charge in [-0.15, -0.1) is 0 Å². The lowest BCUT2D eigenvalue weighted by atomic mass is 10.1. The maximum atomic E-state index is 11.8. The SMILES string of the molecule is COc1cc(COC(=O)NCCOCCOCCOCCN=[N+]=[N-])c([N+](=O)[O-])cc1OC. The minimum absolute atomic E-state index is 0.165. The Hall–Kier alpha value is -3.32. The van der Waals surface area contributed by atoms with Gasteiger partial charge in [0.15, 0.2) is 11.5 Å². The predicted molar refractivity (Wildman–Crippen MR) is 111 cm³/mol. The van der Waals surface area contributed by atoms with Gasteiger partial charge >= 0.3 is 6.09 Å². The molecular formula is C18H27N5O9. The van der Waals surface area contributed by atoms with Crippen LogP contribution < -0.4 is 14.8 Å². The number of hydrogen-bond donors (Lipinski definition) is 1. The highest BCUT2D eigenvalue weighted by Crippen LogP contribution is 2.34. The summed E-state index contributed by atoms with van der Waals surface area (Å²) in [6.07, 6.45) is -0.744. The van der Waals surface area contributed by atoms with Crippen LogP contribution in [0.1, 0.15) is 5.56 Å². The van der Waals surface area contributed by atoms with Crippen LogP contribution in [0, 0.1) is 10.1 Å². The summed E-state index contributed by atoms with van der Waals surface area (Å²) >= 11 is 0. The fourth-order valence-electron chi connectivity index (χ4n) is 2.31. The van der Waals surface area contributed by atoms with E-state index in [0.29, 0.717) is 33.0 Å². The number of hydrogen-bond acceptors (Lipinski definition) is 10. The van der Waals surface area contributed by atoms with E-state index in [2.05, 4.69) is 15.3 Å². The van der Waals surface area contributed by atoms with Gasteiger partial charge in [0.2, 0.25) is 0 Å². The average Bonchev–Trinajstić information content (AvgIpc) is 2.79. The number of amides is 1. The van der Waals surface area contributed by atoms with E-state index in [0.717, 1.165) is 0 Å². The standard InChI is InChI=1S/C18H27N5O9/c1-27-16-11-14(15(23(25)26)12-17(16)28-2)13-32-18(24)20-3-5-29-7-9-31-10-8-30-6-4-21-22-19/h11-12H,3-10,13H2,1-2H3,(H,20,24). The molecule has 32 heavy (non-hydrogen) atoms. The highest BCUT2D eigenvalue weighted by Gasteiger charge is 2.20. The zero-order chi connectivity index (χ0) is 23.6. The maximum absolute atomic E-state index is 11.8. The van der Waals surface area contributed by atoms with Crippen LogP contribution in [0.15, 0.2) is 17.2 Å². The number of carbonyl (C=O) groups is 1. The van der Waals surface area contributed by atoms with Crippen LogP contribution in [0.25, 0.3) is 10.4 Å². The Labute approximate surface area is 184 Å². The molecule has 0 aliphatic carbocycles. The Morgan fingerprint density at radius 3 is 2.25 bits per heavy atom. The van der Waals surface area contributed by atoms with Gasteiger partial charge in [-0.3, -0.25) is 10.1 Å². The first kappa shape index (κ1) is 26.7. The summed E-state index contributed by atoms with van der Waals surface area (Å²) in [6.45, 7) is 2.17. The molecule has 1 aromatic rings. The number of nitrogens with zero attached hydrogens (tertiary/aromatic N) is 4. The zero-order valence-corrected chi connectivity index (χ0v) is 18.0. The van der Waals surface area contributed by atoms with Crippen LogP contribution in [0.4, 0.5) is 10.5 Å². The first-order valence-electron chi connectivity index (χ1n) is 9.57. The van der Waals surface area contributed by atoms with Gasteiger partial charge in [0.25, 0.3) is 5.69 Å². The van der Waals surface area contributed by atoms with Crippen molar-refractivity contribution in [1.29, 1.82) is 0 Å². The van der Waals surface area contributed by atoms with Crippen LogP contribution in [0.2, 0.25) is 0 Å². The minimum atomic E-state index is -0.744. The number of benzene rings is 1. The number of ether oxygens (including phenoxy) is 6. The third-order valence-electron chi connectivity index (χ3n) is 3.80. The molecule has 1 amide bonds. The molecule has 1 aromatic carbocycles. The summed E-state index contributed by atoms with van der Waals surface area (Å²) in [5.41, 5.74) is 8.01. The van der Waals surface area contributed by atoms with Gasteiger partial charge in [-0.25, -0.2) is 4.79 Å². The lowest BCUT2D eigenvalue weighted by Crippen LogP contribution is -2.28. The lowest BCUT2D eigenvalue weighted by Gasteiger charge is -2.11. The lowest BCUT2D eigenvalue weighted by molar-refractivity contribution is -0.385. The van der Waals surface area contributed by atoms with E-state index in [1.807, 2.05) is 0 Å². The number of methoxy groups -OCH3 is 2. The number of nitro benzene ring substituents is 1. The highest BCUT2D eigenvalue weighted by atomic mass is 16.6. The quantitative estimate of drug-likeness (QED) is 0.0917. The molecule has 0 heterocycles. The fourth-order valence-corrected chi connectivity index (χ4v) is 2.31. The average molecular weight is 457 g/mol. The molecule has 0 aliphatic rings. The Bertz CT molecular complexity index is 771. The highest BCUT2D eigenvalue weighted by molar-refractivity contribution is 5.67. The molecule has 0 unspecified atom stereocenters. The third kappa shape index (κ3) is 10.6. The maximum Gasteiger partial charge on any atom is 0.407 e. The molecule has 0 aliphatic heterocycles. The number of carbonyl (C=O) groups excluding carboxylic acids is 1. The van der Waals surface area contributed by atoms with Crippen LogP contribution >= 0.6 is 0 Å². The van der Waals surface area contributed by atoms with Crippen molar-refractivity contribution < 1.29 is 38.1 Å². The second-order valence-electron chi connectivity index (χ2n) is 5.89. The van der Waals surface area contributed by atoms with Gasteiger partial charge in [-0.05, 0) is 11.6 Å². The second-order valence-corrected chi connectivity index (χ2v) is 5.89. The molecule has 0 bridgehead atoms. The number of rotatable bonds is 17. The molecule has 14 heteroatoms. The summed E-state index contributed by atoms with van der Waals surface area (Å²) in [6, 6.07) is 2.60. The summed E-state index contributed by atoms with van der Waals surface area (Å²) in [4.78, 5) is 25.1. The first-order valence-corrected chi connectivity index (χ1v) is 9.57. The molecule has 0 fully saturated rings. The Morgan fingerprint density at radius 2 is 1.66 bits per heavy atom. The van der Waals surface area contributed by atoms with Crippen LogP contribution in [0.3, 0.4) is 0 Å². The summed E-state index contributed by atoms with van der Waals surface area (Å²) < 4.78 is 30.9. The minimum Gasteiger partial charge on any atom is -0.493 e. The number of nitrogens with one attached hydrogen (secondary N) is 1. The molecular weight excluding hydrogens is 430 g/mol. The molecule has 0 aromatic heterocycles. The Balaban J connectivity index is 2.19. The predicted octanol–water partition coefficient (Wildman–Crippen LogP) is 2.20. The fraction of sp³-hybridized carbons (Fsp3) is 0.611. The van der Waals surface area contributed by atoms with Crippen molar-refractivity contribution in [3.05, 3.63) is 38.3 Å². The van der Waals surface area contributed by atoms with Gasteiger partial charge in [0.1, 0.15) is 6.61 Å². The van der Waals surface area contributed by atoms with E-state index in [-0.39, 0.29) is 49.1 Å². The summed E-state index contributed by atoms with van der Waals surface area (Å²) in [5.74, 6) is 0.485. The van der Waals surface area contributed by atoms with Crippen LogP contribution in [-0.4, -0.2) is 78.0 Å². The zero-order valence-electron chi connectivity index (χ0n) is 18.0. The monoisotopic (exact) mass is 457 g/mol. The van der Waals surface area contributed by atoms with Crippen molar-refractivity contribution in [2.24, 2.45) is 5.11 Å². The van der Waals surface area contributed by atoms with Crippen molar-refractivity contribution in [1.82, 2.24) is 5.32 Å². The largest absolute Gasteiger partial charge is 0.493 e. The van der Waals surface area contributed by atoms with E-state index < -0.39 is 11.0 Å². The van der Waals surface area contributed by atoms with Gasteiger partial charge < -0.3 is 33.7 Å². The molecule has 0 radical (unpaired) electrons. The van der Waals surface area contributed by atoms with E-state index >= 15 is 0 Å². The Morgan fingerprint density at radius 1 is 1.06 bits per heavy atom. The summed E-state index contributed by atoms with van der Waals surface area (Å²) in [5, 5.41) is 17.1. The van der Waals surface area contributed by atoms with Crippen molar-refractivity contribution in [3.8, 4) is 11.5 Å². The molecule has 14 nitrogen and oxygen atoms in total. The molecule has 1 rings (SSSR count). The molecule has 178 valence electrons. The third-order valence-corrected chi connectivity index (χ3v) is 3.80. The molecule has 1 N–H and O–H groups in total. The Kier molecular flexibility index (Phi) is 13.7. The van der Waals surface area contributed by atoms with Gasteiger partial charge in [-0.2, -0.15) is 0 Å². The summed E-state index contributed by atoms with van der Waals surface area (Å²) in [7, 11) is 2.76. The van der Waals surface area contributed by atoms with Gasteiger partial charge in [0.05, 0.1) is 70.4 Å². The van der Waals surface area contributed by atoms with E-state index in [1.54, 1.807) is 0 Å². The first-order chi connectivity index (χ1) is 15.5. The van der Waals surface area contributed by atoms with Gasteiger partial charge in [-0.1, -0.05) is 5.11 Å². The van der Waals surface area contributed by atoms with E-state index in [1.165, 1.54) is 26.4 Å². The van der Waals surface area contributed by atoms with E-state index in [4.69, 9.17) is 34.0 Å². The van der Waals surface area contributed by atoms with Crippen molar-refractivity contribution in [3.63, 3.8) is 0 Å². The van der Waals surface area contributed by atoms with Crippen LogP contribution in [0.5, 0.6) is 11.5 Å². The number of alkyl carbamates (subject to hydrolysis) is 1. The van der Waals surface area contributed by atoms with Crippen molar-refractivity contribution in [2.75, 3.05) is 67.0 Å². The van der Waals surface area contributed by atoms with Crippen LogP contribution in [-0.2, 0) is 25.6 Å². The molecule has 0 spiro atoms. The normalized spacial score (nSPS) is 10.2. The number of azide groups is 1. The molecule has 0 saturated carbocycles. The van der Waals surface area contributed by atoms with E-state index in [9.17, 15) is 14.9 Å². The molecule has 0 saturated heterocycles. The van der Waals surface area contributed by atoms with Gasteiger partial charge in [0, 0.05) is 18.0 Å². The topological polar surface area (TPSA) is 176 Å². The number of nitro groups is 1. The second kappa shape index (κ2) is 16.4. The smallest absolute Gasteiger partial charge is 0.407 e. The van der Waals surface area contributed by atoms with Crippen molar-refractivity contribution >= 4 is 11.8 Å². The molecule has 0 atom stereocenters.